The first-order valence-electron chi connectivity index (χ1n) is 6.93. The van der Waals surface area contributed by atoms with Gasteiger partial charge in [0.15, 0.2) is 0 Å². The van der Waals surface area contributed by atoms with Crippen LogP contribution < -0.4 is 5.32 Å². The van der Waals surface area contributed by atoms with Crippen molar-refractivity contribution in [2.75, 3.05) is 11.9 Å². The summed E-state index contributed by atoms with van der Waals surface area (Å²) in [4.78, 5) is 8.92. The van der Waals surface area contributed by atoms with E-state index in [0.29, 0.717) is 11.1 Å². The molecule has 1 aromatic rings. The summed E-state index contributed by atoms with van der Waals surface area (Å²) in [5.41, 5.74) is 1.13. The molecule has 19 heavy (non-hydrogen) atoms. The van der Waals surface area contributed by atoms with Gasteiger partial charge in [0.2, 0.25) is 0 Å². The van der Waals surface area contributed by atoms with Gasteiger partial charge in [-0.1, -0.05) is 53.1 Å². The summed E-state index contributed by atoms with van der Waals surface area (Å²) in [6.07, 6.45) is 0. The van der Waals surface area contributed by atoms with Crippen molar-refractivity contribution in [2.24, 2.45) is 11.3 Å². The molecule has 0 radical (unpaired) electrons. The van der Waals surface area contributed by atoms with Gasteiger partial charge in [0, 0.05) is 18.0 Å². The molecule has 0 aliphatic rings. The van der Waals surface area contributed by atoms with Crippen molar-refractivity contribution in [1.29, 1.82) is 0 Å². The number of hydrogen-bond donors (Lipinski definition) is 1. The van der Waals surface area contributed by atoms with Crippen molar-refractivity contribution in [2.45, 2.75) is 54.4 Å². The quantitative estimate of drug-likeness (QED) is 0.799. The molecule has 0 fully saturated rings. The number of nitrogens with one attached hydrogen (secondary N) is 1. The summed E-state index contributed by atoms with van der Waals surface area (Å²) >= 11 is 6.18. The number of hydrogen-bond acceptors (Lipinski definition) is 3. The Kier molecular flexibility index (Phi) is 5.19. The lowest BCUT2D eigenvalue weighted by Crippen LogP contribution is -2.29. The number of aromatic nitrogens is 2. The summed E-state index contributed by atoms with van der Waals surface area (Å²) in [5, 5.41) is 3.98. The maximum absolute atomic E-state index is 6.18. The van der Waals surface area contributed by atoms with E-state index in [4.69, 9.17) is 11.6 Å². The maximum Gasteiger partial charge on any atom is 0.137 e. The topological polar surface area (TPSA) is 37.8 Å². The van der Waals surface area contributed by atoms with Crippen molar-refractivity contribution < 1.29 is 0 Å². The summed E-state index contributed by atoms with van der Waals surface area (Å²) in [6, 6.07) is 0. The second-order valence-corrected chi connectivity index (χ2v) is 6.86. The van der Waals surface area contributed by atoms with Gasteiger partial charge < -0.3 is 5.32 Å². The Morgan fingerprint density at radius 2 is 1.74 bits per heavy atom. The highest BCUT2D eigenvalue weighted by atomic mass is 35.5. The molecule has 0 aliphatic carbocycles. The van der Waals surface area contributed by atoms with Crippen LogP contribution in [0.5, 0.6) is 0 Å². The lowest BCUT2D eigenvalue weighted by Gasteiger charge is -2.30. The first kappa shape index (κ1) is 16.2. The van der Waals surface area contributed by atoms with E-state index in [2.05, 4.69) is 56.8 Å². The normalized spacial score (nSPS) is 12.3. The first-order valence-corrected chi connectivity index (χ1v) is 7.31. The van der Waals surface area contributed by atoms with Gasteiger partial charge in [-0.25, -0.2) is 9.97 Å². The van der Waals surface area contributed by atoms with Crippen LogP contribution in [0, 0.1) is 18.3 Å². The summed E-state index contributed by atoms with van der Waals surface area (Å²) < 4.78 is 0. The Hall–Kier alpha value is -0.830. The second kappa shape index (κ2) is 6.08. The van der Waals surface area contributed by atoms with E-state index in [9.17, 15) is 0 Å². The molecule has 0 unspecified atom stereocenters. The Morgan fingerprint density at radius 1 is 1.16 bits per heavy atom. The predicted octanol–water partition coefficient (Wildman–Crippen LogP) is 4.66. The Balaban J connectivity index is 2.95. The van der Waals surface area contributed by atoms with Crippen LogP contribution >= 0.6 is 11.6 Å². The van der Waals surface area contributed by atoms with E-state index in [1.165, 1.54) is 0 Å². The first-order chi connectivity index (χ1) is 8.65. The average Bonchev–Trinajstić information content (AvgIpc) is 2.30. The summed E-state index contributed by atoms with van der Waals surface area (Å²) in [5.74, 6) is 2.52. The Morgan fingerprint density at radius 3 is 2.21 bits per heavy atom. The van der Waals surface area contributed by atoms with Gasteiger partial charge in [-0.15, -0.1) is 0 Å². The van der Waals surface area contributed by atoms with E-state index in [1.807, 2.05) is 6.92 Å². The van der Waals surface area contributed by atoms with Crippen molar-refractivity contribution in [1.82, 2.24) is 9.97 Å². The third kappa shape index (κ3) is 4.07. The van der Waals surface area contributed by atoms with Gasteiger partial charge in [0.25, 0.3) is 0 Å². The summed E-state index contributed by atoms with van der Waals surface area (Å²) in [7, 11) is 0. The van der Waals surface area contributed by atoms with Crippen molar-refractivity contribution in [3.8, 4) is 0 Å². The zero-order valence-electron chi connectivity index (χ0n) is 13.1. The SMILES string of the molecule is Cc1c(Cl)nc(C(C)C)nc1NCC(C)(C)C(C)C. The van der Waals surface area contributed by atoms with E-state index >= 15 is 0 Å². The largest absolute Gasteiger partial charge is 0.369 e. The molecule has 0 spiro atoms. The minimum Gasteiger partial charge on any atom is -0.369 e. The fourth-order valence-electron chi connectivity index (χ4n) is 1.45. The molecular formula is C15H26ClN3. The van der Waals surface area contributed by atoms with Crippen LogP contribution in [-0.4, -0.2) is 16.5 Å². The number of nitrogens with zero attached hydrogens (tertiary/aromatic N) is 2. The molecule has 0 saturated heterocycles. The molecule has 0 atom stereocenters. The Bertz CT molecular complexity index is 439. The van der Waals surface area contributed by atoms with Crippen LogP contribution in [0.4, 0.5) is 5.82 Å². The molecule has 0 bridgehead atoms. The van der Waals surface area contributed by atoms with Gasteiger partial charge in [-0.2, -0.15) is 0 Å². The molecule has 1 N–H and O–H groups in total. The molecular weight excluding hydrogens is 258 g/mol. The van der Waals surface area contributed by atoms with Crippen LogP contribution in [0.15, 0.2) is 0 Å². The molecule has 1 heterocycles. The lowest BCUT2D eigenvalue weighted by molar-refractivity contribution is 0.269. The minimum absolute atomic E-state index is 0.210. The van der Waals surface area contributed by atoms with Crippen LogP contribution in [-0.2, 0) is 0 Å². The van der Waals surface area contributed by atoms with Gasteiger partial charge in [0.05, 0.1) is 0 Å². The fourth-order valence-corrected chi connectivity index (χ4v) is 1.63. The van der Waals surface area contributed by atoms with Crippen molar-refractivity contribution >= 4 is 17.4 Å². The molecule has 0 aromatic carbocycles. The van der Waals surface area contributed by atoms with E-state index < -0.39 is 0 Å². The third-order valence-electron chi connectivity index (χ3n) is 3.89. The average molecular weight is 284 g/mol. The standard InChI is InChI=1S/C15H26ClN3/c1-9(2)13-18-12(16)11(5)14(19-13)17-8-15(6,7)10(3)4/h9-10H,8H2,1-7H3,(H,17,18,19). The fraction of sp³-hybridized carbons (Fsp3) is 0.733. The second-order valence-electron chi connectivity index (χ2n) is 6.50. The Labute approximate surface area is 122 Å². The highest BCUT2D eigenvalue weighted by Crippen LogP contribution is 2.28. The maximum atomic E-state index is 6.18. The number of anilines is 1. The highest BCUT2D eigenvalue weighted by Gasteiger charge is 2.23. The van der Waals surface area contributed by atoms with Gasteiger partial charge in [0.1, 0.15) is 16.8 Å². The zero-order valence-corrected chi connectivity index (χ0v) is 13.9. The van der Waals surface area contributed by atoms with Crippen molar-refractivity contribution in [3.63, 3.8) is 0 Å². The van der Waals surface area contributed by atoms with Gasteiger partial charge >= 0.3 is 0 Å². The molecule has 108 valence electrons. The minimum atomic E-state index is 0.210. The van der Waals surface area contributed by atoms with Crippen molar-refractivity contribution in [3.05, 3.63) is 16.5 Å². The van der Waals surface area contributed by atoms with Crippen LogP contribution in [0.25, 0.3) is 0 Å². The number of halogens is 1. The third-order valence-corrected chi connectivity index (χ3v) is 4.26. The smallest absolute Gasteiger partial charge is 0.137 e. The molecule has 3 nitrogen and oxygen atoms in total. The van der Waals surface area contributed by atoms with Crippen LogP contribution in [0.2, 0.25) is 5.15 Å². The molecule has 0 aliphatic heterocycles. The predicted molar refractivity (Wildman–Crippen MR) is 83.0 cm³/mol. The van der Waals surface area contributed by atoms with E-state index in [-0.39, 0.29) is 11.3 Å². The monoisotopic (exact) mass is 283 g/mol. The summed E-state index contributed by atoms with van der Waals surface area (Å²) in [6.45, 7) is 16.0. The number of rotatable bonds is 5. The molecule has 0 saturated carbocycles. The lowest BCUT2D eigenvalue weighted by atomic mass is 9.81. The molecule has 1 aromatic heterocycles. The highest BCUT2D eigenvalue weighted by molar-refractivity contribution is 6.30. The van der Waals surface area contributed by atoms with Crippen LogP contribution in [0.1, 0.15) is 58.8 Å². The van der Waals surface area contributed by atoms with Crippen LogP contribution in [0.3, 0.4) is 0 Å². The van der Waals surface area contributed by atoms with Gasteiger partial charge in [-0.3, -0.25) is 0 Å². The zero-order chi connectivity index (χ0) is 14.8. The van der Waals surface area contributed by atoms with E-state index in [1.54, 1.807) is 0 Å². The molecule has 1 rings (SSSR count). The van der Waals surface area contributed by atoms with Gasteiger partial charge in [-0.05, 0) is 18.3 Å². The molecule has 4 heteroatoms. The molecule has 0 amide bonds. The van der Waals surface area contributed by atoms with E-state index in [0.717, 1.165) is 23.8 Å².